The number of nitrogens with zero attached hydrogens (tertiary/aromatic N) is 5. The van der Waals surface area contributed by atoms with E-state index in [9.17, 15) is 26.7 Å². The molecule has 1 amide bonds. The molecule has 3 aromatic heterocycles. The van der Waals surface area contributed by atoms with Crippen LogP contribution < -0.4 is 0 Å². The topological polar surface area (TPSA) is 77.0 Å². The van der Waals surface area contributed by atoms with Crippen LogP contribution in [-0.4, -0.2) is 43.8 Å². The van der Waals surface area contributed by atoms with E-state index in [2.05, 4.69) is 15.2 Å². The lowest BCUT2D eigenvalue weighted by molar-refractivity contribution is -0.142. The fraction of sp³-hybridized carbons (Fsp3) is 0.333. The quantitative estimate of drug-likeness (QED) is 0.307. The van der Waals surface area contributed by atoms with E-state index in [1.165, 1.54) is 30.4 Å². The largest absolute Gasteiger partial charge is 0.435 e. The molecular formula is C24H20F5N5O2S. The molecule has 0 saturated carbocycles. The molecule has 0 aliphatic carbocycles. The zero-order chi connectivity index (χ0) is 26.3. The second-order valence-electron chi connectivity index (χ2n) is 8.73. The second kappa shape index (κ2) is 9.69. The van der Waals surface area contributed by atoms with Gasteiger partial charge in [0.25, 0.3) is 0 Å². The molecule has 0 spiro atoms. The first-order chi connectivity index (χ1) is 17.6. The maximum Gasteiger partial charge on any atom is 0.435 e. The van der Waals surface area contributed by atoms with E-state index in [0.29, 0.717) is 37.3 Å². The van der Waals surface area contributed by atoms with E-state index < -0.39 is 23.5 Å². The van der Waals surface area contributed by atoms with Crippen molar-refractivity contribution in [2.75, 3.05) is 13.1 Å². The SMILES string of the molecule is Cc1cc(C(F)(F)F)nn1CC(=O)N1CCC(c2nc(-c3cc(-c4c(F)cccc4F)on3)cs2)CC1. The number of aryl methyl sites for hydroxylation is 1. The monoisotopic (exact) mass is 537 g/mol. The van der Waals surface area contributed by atoms with Gasteiger partial charge in [0.15, 0.2) is 11.5 Å². The molecule has 1 aliphatic heterocycles. The van der Waals surface area contributed by atoms with Crippen LogP contribution in [0.2, 0.25) is 0 Å². The highest BCUT2D eigenvalue weighted by molar-refractivity contribution is 7.10. The van der Waals surface area contributed by atoms with Crippen molar-refractivity contribution in [3.63, 3.8) is 0 Å². The minimum atomic E-state index is -4.56. The van der Waals surface area contributed by atoms with Crippen molar-refractivity contribution in [3.8, 4) is 22.7 Å². The smallest absolute Gasteiger partial charge is 0.355 e. The van der Waals surface area contributed by atoms with Crippen LogP contribution in [0.1, 0.15) is 35.2 Å². The average Bonchev–Trinajstić information content (AvgIpc) is 3.59. The number of halogens is 5. The Bertz CT molecular complexity index is 1420. The minimum Gasteiger partial charge on any atom is -0.355 e. The molecule has 1 fully saturated rings. The highest BCUT2D eigenvalue weighted by atomic mass is 32.1. The summed E-state index contributed by atoms with van der Waals surface area (Å²) in [4.78, 5) is 18.9. The van der Waals surface area contributed by atoms with Gasteiger partial charge in [-0.15, -0.1) is 11.3 Å². The van der Waals surface area contributed by atoms with Crippen molar-refractivity contribution in [2.24, 2.45) is 0 Å². The number of piperidine rings is 1. The Morgan fingerprint density at radius 1 is 1.14 bits per heavy atom. The number of benzene rings is 1. The van der Waals surface area contributed by atoms with Crippen molar-refractivity contribution >= 4 is 17.2 Å². The molecule has 0 atom stereocenters. The summed E-state index contributed by atoms with van der Waals surface area (Å²) in [6.07, 6.45) is -3.30. The summed E-state index contributed by atoms with van der Waals surface area (Å²) in [5.41, 5.74) is -0.192. The summed E-state index contributed by atoms with van der Waals surface area (Å²) in [5, 5.41) is 10.0. The second-order valence-corrected chi connectivity index (χ2v) is 9.62. The van der Waals surface area contributed by atoms with Gasteiger partial charge in [-0.2, -0.15) is 18.3 Å². The van der Waals surface area contributed by atoms with Crippen LogP contribution in [0.25, 0.3) is 22.7 Å². The molecule has 13 heteroatoms. The number of carbonyl (C=O) groups excluding carboxylic acids is 1. The number of alkyl halides is 3. The number of amides is 1. The van der Waals surface area contributed by atoms with Gasteiger partial charge in [-0.05, 0) is 38.0 Å². The predicted molar refractivity (Wildman–Crippen MR) is 123 cm³/mol. The molecule has 0 radical (unpaired) electrons. The molecule has 7 nitrogen and oxygen atoms in total. The van der Waals surface area contributed by atoms with Gasteiger partial charge in [-0.1, -0.05) is 11.2 Å². The number of hydrogen-bond acceptors (Lipinski definition) is 6. The molecule has 1 saturated heterocycles. The maximum atomic E-state index is 14.1. The molecule has 5 rings (SSSR count). The van der Waals surface area contributed by atoms with Gasteiger partial charge in [0, 0.05) is 36.1 Å². The molecule has 0 unspecified atom stereocenters. The molecule has 4 aromatic rings. The summed E-state index contributed by atoms with van der Waals surface area (Å²) in [6, 6.07) is 5.88. The minimum absolute atomic E-state index is 0.0401. The first kappa shape index (κ1) is 25.1. The molecule has 194 valence electrons. The van der Waals surface area contributed by atoms with Crippen molar-refractivity contribution < 1.29 is 31.3 Å². The molecule has 1 aromatic carbocycles. The van der Waals surface area contributed by atoms with Crippen LogP contribution in [-0.2, 0) is 17.5 Å². The van der Waals surface area contributed by atoms with Crippen LogP contribution in [0, 0.1) is 18.6 Å². The van der Waals surface area contributed by atoms with E-state index in [-0.39, 0.29) is 35.4 Å². The number of hydrogen-bond donors (Lipinski definition) is 0. The fourth-order valence-corrected chi connectivity index (χ4v) is 5.24. The Morgan fingerprint density at radius 3 is 2.49 bits per heavy atom. The standard InChI is InChI=1S/C24H20F5N5O2S/c1-13-9-20(24(27,28)29)31-34(13)11-21(35)33-7-5-14(6-8-33)23-30-18(12-37-23)17-10-19(36-32-17)22-15(25)3-2-4-16(22)26/h2-4,9-10,12,14H,5-8,11H2,1H3. The first-order valence-electron chi connectivity index (χ1n) is 11.4. The van der Waals surface area contributed by atoms with E-state index in [0.717, 1.165) is 27.9 Å². The Morgan fingerprint density at radius 2 is 1.84 bits per heavy atom. The predicted octanol–water partition coefficient (Wildman–Crippen LogP) is 5.67. The molecule has 1 aliphatic rings. The molecule has 0 N–H and O–H groups in total. The summed E-state index contributed by atoms with van der Waals surface area (Å²) >= 11 is 1.42. The van der Waals surface area contributed by atoms with Gasteiger partial charge in [-0.3, -0.25) is 9.48 Å². The summed E-state index contributed by atoms with van der Waals surface area (Å²) < 4.78 is 73.0. The third-order valence-corrected chi connectivity index (χ3v) is 7.26. The molecule has 4 heterocycles. The first-order valence-corrected chi connectivity index (χ1v) is 12.2. The third kappa shape index (κ3) is 5.13. The van der Waals surface area contributed by atoms with E-state index in [1.54, 1.807) is 10.3 Å². The maximum absolute atomic E-state index is 14.1. The Balaban J connectivity index is 1.21. The van der Waals surface area contributed by atoms with Crippen LogP contribution in [0.15, 0.2) is 40.2 Å². The van der Waals surface area contributed by atoms with E-state index in [1.807, 2.05) is 0 Å². The van der Waals surface area contributed by atoms with Gasteiger partial charge in [-0.25, -0.2) is 13.8 Å². The highest BCUT2D eigenvalue weighted by Gasteiger charge is 2.35. The van der Waals surface area contributed by atoms with Gasteiger partial charge in [0.2, 0.25) is 5.91 Å². The zero-order valence-corrected chi connectivity index (χ0v) is 20.2. The normalized spacial score (nSPS) is 14.9. The van der Waals surface area contributed by atoms with E-state index in [4.69, 9.17) is 4.52 Å². The Kier molecular flexibility index (Phi) is 6.56. The third-order valence-electron chi connectivity index (χ3n) is 6.26. The number of aromatic nitrogens is 4. The Labute approximate surface area is 211 Å². The summed E-state index contributed by atoms with van der Waals surface area (Å²) in [5.74, 6) is -1.77. The van der Waals surface area contributed by atoms with E-state index >= 15 is 0 Å². The summed E-state index contributed by atoms with van der Waals surface area (Å²) in [7, 11) is 0. The number of carbonyl (C=O) groups is 1. The Hall–Kier alpha value is -3.61. The molecule has 0 bridgehead atoms. The van der Waals surface area contributed by atoms with Gasteiger partial charge in [0.05, 0.1) is 10.6 Å². The lowest BCUT2D eigenvalue weighted by atomic mass is 9.97. The molecular weight excluding hydrogens is 517 g/mol. The molecule has 37 heavy (non-hydrogen) atoms. The lowest BCUT2D eigenvalue weighted by Crippen LogP contribution is -2.40. The van der Waals surface area contributed by atoms with Crippen molar-refractivity contribution in [1.82, 2.24) is 24.8 Å². The highest BCUT2D eigenvalue weighted by Crippen LogP contribution is 2.35. The number of thiazole rings is 1. The van der Waals surface area contributed by atoms with Gasteiger partial charge in [0.1, 0.15) is 29.6 Å². The van der Waals surface area contributed by atoms with Crippen molar-refractivity contribution in [2.45, 2.75) is 38.4 Å². The zero-order valence-electron chi connectivity index (χ0n) is 19.4. The number of rotatable bonds is 5. The van der Waals surface area contributed by atoms with Crippen molar-refractivity contribution in [1.29, 1.82) is 0 Å². The van der Waals surface area contributed by atoms with Gasteiger partial charge >= 0.3 is 6.18 Å². The van der Waals surface area contributed by atoms with Crippen LogP contribution in [0.5, 0.6) is 0 Å². The number of likely N-dealkylation sites (tertiary alicyclic amines) is 1. The van der Waals surface area contributed by atoms with Gasteiger partial charge < -0.3 is 9.42 Å². The van der Waals surface area contributed by atoms with Crippen molar-refractivity contribution in [3.05, 3.63) is 63.7 Å². The van der Waals surface area contributed by atoms with Crippen LogP contribution in [0.3, 0.4) is 0 Å². The fourth-order valence-electron chi connectivity index (χ4n) is 4.25. The lowest BCUT2D eigenvalue weighted by Gasteiger charge is -2.31. The summed E-state index contributed by atoms with van der Waals surface area (Å²) in [6.45, 7) is 2.09. The average molecular weight is 538 g/mol. The van der Waals surface area contributed by atoms with Crippen LogP contribution >= 0.6 is 11.3 Å². The van der Waals surface area contributed by atoms with Crippen LogP contribution in [0.4, 0.5) is 22.0 Å².